The Morgan fingerprint density at radius 1 is 1.15 bits per heavy atom. The highest BCUT2D eigenvalue weighted by Gasteiger charge is 2.43. The van der Waals surface area contributed by atoms with Gasteiger partial charge >= 0.3 is 0 Å². The summed E-state index contributed by atoms with van der Waals surface area (Å²) < 4.78 is 10.9. The van der Waals surface area contributed by atoms with Gasteiger partial charge in [-0.25, -0.2) is 0 Å². The van der Waals surface area contributed by atoms with E-state index in [0.717, 1.165) is 30.9 Å². The third-order valence-electron chi connectivity index (χ3n) is 5.64. The molecule has 0 unspecified atom stereocenters. The number of carbonyl (C=O) groups excluding carboxylic acids is 1. The molecule has 27 heavy (non-hydrogen) atoms. The molecule has 0 radical (unpaired) electrons. The molecule has 0 bridgehead atoms. The van der Waals surface area contributed by atoms with Gasteiger partial charge in [-0.2, -0.15) is 0 Å². The van der Waals surface area contributed by atoms with Crippen LogP contribution in [0.5, 0.6) is 11.5 Å². The predicted molar refractivity (Wildman–Crippen MR) is 106 cm³/mol. The molecule has 0 N–H and O–H groups in total. The zero-order chi connectivity index (χ0) is 19.0. The van der Waals surface area contributed by atoms with Crippen LogP contribution in [0.1, 0.15) is 23.5 Å². The van der Waals surface area contributed by atoms with Gasteiger partial charge in [0.25, 0.3) is 5.91 Å². The third-order valence-corrected chi connectivity index (χ3v) is 5.64. The quantitative estimate of drug-likeness (QED) is 0.833. The minimum absolute atomic E-state index is 0.0213. The Bertz CT molecular complexity index is 834. The van der Waals surface area contributed by atoms with Crippen molar-refractivity contribution < 1.29 is 14.3 Å². The Morgan fingerprint density at radius 2 is 1.89 bits per heavy atom. The van der Waals surface area contributed by atoms with Gasteiger partial charge in [0, 0.05) is 24.2 Å². The summed E-state index contributed by atoms with van der Waals surface area (Å²) in [7, 11) is 3.78. The highest BCUT2D eigenvalue weighted by Crippen LogP contribution is 2.44. The van der Waals surface area contributed by atoms with E-state index in [-0.39, 0.29) is 18.6 Å². The topological polar surface area (TPSA) is 42.0 Å². The monoisotopic (exact) mass is 366 g/mol. The summed E-state index contributed by atoms with van der Waals surface area (Å²) in [5.74, 6) is 1.84. The van der Waals surface area contributed by atoms with Crippen LogP contribution in [0.3, 0.4) is 0 Å². The number of piperidine rings is 1. The van der Waals surface area contributed by atoms with E-state index in [0.29, 0.717) is 11.7 Å². The molecule has 2 aromatic rings. The van der Waals surface area contributed by atoms with Crippen molar-refractivity contribution in [2.45, 2.75) is 25.3 Å². The molecule has 0 aliphatic carbocycles. The molecule has 5 heteroatoms. The second-order valence-electron chi connectivity index (χ2n) is 7.51. The van der Waals surface area contributed by atoms with Crippen molar-refractivity contribution in [1.82, 2.24) is 4.90 Å². The number of hydrogen-bond acceptors (Lipinski definition) is 4. The van der Waals surface area contributed by atoms with E-state index in [9.17, 15) is 4.79 Å². The molecular formula is C22H26N2O3. The summed E-state index contributed by atoms with van der Waals surface area (Å²) in [6.07, 6.45) is 0.989. The molecule has 2 aromatic carbocycles. The Balaban J connectivity index is 1.53. The Kier molecular flexibility index (Phi) is 4.79. The lowest BCUT2D eigenvalue weighted by molar-refractivity contribution is -0.121. The number of fused-ring (bicyclic) bond motifs is 3. The number of carbonyl (C=O) groups is 1. The second-order valence-corrected chi connectivity index (χ2v) is 7.51. The van der Waals surface area contributed by atoms with Crippen molar-refractivity contribution in [3.63, 3.8) is 0 Å². The van der Waals surface area contributed by atoms with Crippen molar-refractivity contribution in [2.75, 3.05) is 38.8 Å². The van der Waals surface area contributed by atoms with Gasteiger partial charge < -0.3 is 19.3 Å². The molecule has 0 spiro atoms. The number of methoxy groups -OCH3 is 1. The van der Waals surface area contributed by atoms with Crippen LogP contribution in [0.15, 0.2) is 42.5 Å². The molecule has 5 nitrogen and oxygen atoms in total. The Labute approximate surface area is 160 Å². The average molecular weight is 366 g/mol. The van der Waals surface area contributed by atoms with Crippen LogP contribution in [-0.2, 0) is 4.79 Å². The number of rotatable bonds is 4. The first-order valence-corrected chi connectivity index (χ1v) is 9.45. The lowest BCUT2D eigenvalue weighted by Gasteiger charge is -2.36. The average Bonchev–Trinajstić information content (AvgIpc) is 2.99. The lowest BCUT2D eigenvalue weighted by atomic mass is 9.89. The van der Waals surface area contributed by atoms with E-state index in [1.807, 2.05) is 29.2 Å². The van der Waals surface area contributed by atoms with E-state index in [1.54, 1.807) is 7.11 Å². The number of nitrogens with zero attached hydrogens (tertiary/aromatic N) is 2. The first-order valence-electron chi connectivity index (χ1n) is 9.45. The molecular weight excluding hydrogens is 340 g/mol. The maximum absolute atomic E-state index is 13.1. The highest BCUT2D eigenvalue weighted by molar-refractivity contribution is 5.98. The molecule has 0 aromatic heterocycles. The van der Waals surface area contributed by atoms with Gasteiger partial charge in [0.1, 0.15) is 11.5 Å². The van der Waals surface area contributed by atoms with Gasteiger partial charge in [0.05, 0.1) is 7.11 Å². The van der Waals surface area contributed by atoms with Gasteiger partial charge in [-0.15, -0.1) is 0 Å². The van der Waals surface area contributed by atoms with Crippen LogP contribution in [-0.4, -0.2) is 50.7 Å². The molecule has 1 saturated heterocycles. The van der Waals surface area contributed by atoms with Gasteiger partial charge in [-0.1, -0.05) is 17.7 Å². The number of hydrogen-bond donors (Lipinski definition) is 0. The first kappa shape index (κ1) is 17.9. The lowest BCUT2D eigenvalue weighted by Crippen LogP contribution is -2.48. The number of amides is 1. The molecule has 1 fully saturated rings. The molecule has 0 saturated carbocycles. The molecule has 2 aliphatic rings. The number of likely N-dealkylation sites (tertiary alicyclic amines) is 1. The maximum atomic E-state index is 13.1. The van der Waals surface area contributed by atoms with Crippen LogP contribution in [0.25, 0.3) is 0 Å². The van der Waals surface area contributed by atoms with E-state index in [2.05, 4.69) is 37.1 Å². The van der Waals surface area contributed by atoms with E-state index >= 15 is 0 Å². The summed E-state index contributed by atoms with van der Waals surface area (Å²) in [6.45, 7) is 4.15. The Morgan fingerprint density at radius 3 is 2.63 bits per heavy atom. The number of benzene rings is 2. The highest BCUT2D eigenvalue weighted by atomic mass is 16.5. The van der Waals surface area contributed by atoms with E-state index in [4.69, 9.17) is 9.47 Å². The summed E-state index contributed by atoms with van der Waals surface area (Å²) in [5, 5.41) is 0. The molecule has 2 aliphatic heterocycles. The molecule has 2 atom stereocenters. The van der Waals surface area contributed by atoms with Crippen LogP contribution in [0.4, 0.5) is 5.69 Å². The fourth-order valence-corrected chi connectivity index (χ4v) is 4.29. The fourth-order valence-electron chi connectivity index (χ4n) is 4.29. The minimum atomic E-state index is 0.0213. The largest absolute Gasteiger partial charge is 0.497 e. The minimum Gasteiger partial charge on any atom is -0.497 e. The summed E-state index contributed by atoms with van der Waals surface area (Å²) in [4.78, 5) is 17.4. The fraction of sp³-hybridized carbons (Fsp3) is 0.409. The summed E-state index contributed by atoms with van der Waals surface area (Å²) in [6, 6.07) is 14.0. The maximum Gasteiger partial charge on any atom is 0.265 e. The van der Waals surface area contributed by atoms with Gasteiger partial charge in [0.15, 0.2) is 6.61 Å². The normalized spacial score (nSPS) is 21.5. The standard InChI is InChI=1S/C22H26N2O3/c1-15-4-9-20-18(12-15)19-13-23(2)11-10-21(19)24(20)22(25)14-27-17-7-5-16(26-3)6-8-17/h4-9,12,19,21H,10-11,13-14H2,1-3H3/t19-,21+/m0/s1. The molecule has 1 amide bonds. The SMILES string of the molecule is COc1ccc(OCC(=O)N2c3ccc(C)cc3[C@@H]3CN(C)CC[C@H]32)cc1. The number of aryl methyl sites for hydroxylation is 1. The number of likely N-dealkylation sites (N-methyl/N-ethyl adjacent to an activating group) is 1. The van der Waals surface area contributed by atoms with Crippen LogP contribution < -0.4 is 14.4 Å². The Hall–Kier alpha value is -2.53. The van der Waals surface area contributed by atoms with Crippen molar-refractivity contribution in [3.8, 4) is 11.5 Å². The van der Waals surface area contributed by atoms with Crippen LogP contribution >= 0.6 is 0 Å². The van der Waals surface area contributed by atoms with Gasteiger partial charge in [0.2, 0.25) is 0 Å². The van der Waals surface area contributed by atoms with Crippen molar-refractivity contribution in [3.05, 3.63) is 53.6 Å². The number of anilines is 1. The third kappa shape index (κ3) is 3.39. The molecule has 142 valence electrons. The van der Waals surface area contributed by atoms with Crippen LogP contribution in [0.2, 0.25) is 0 Å². The second kappa shape index (κ2) is 7.24. The van der Waals surface area contributed by atoms with E-state index < -0.39 is 0 Å². The smallest absolute Gasteiger partial charge is 0.265 e. The van der Waals surface area contributed by atoms with Crippen molar-refractivity contribution in [2.24, 2.45) is 0 Å². The predicted octanol–water partition coefficient (Wildman–Crippen LogP) is 3.22. The van der Waals surface area contributed by atoms with Crippen molar-refractivity contribution in [1.29, 1.82) is 0 Å². The van der Waals surface area contributed by atoms with Gasteiger partial charge in [-0.05, 0) is 62.8 Å². The molecule has 2 heterocycles. The van der Waals surface area contributed by atoms with Crippen molar-refractivity contribution >= 4 is 11.6 Å². The molecule has 4 rings (SSSR count). The van der Waals surface area contributed by atoms with Crippen LogP contribution in [0, 0.1) is 6.92 Å². The zero-order valence-electron chi connectivity index (χ0n) is 16.1. The van der Waals surface area contributed by atoms with E-state index in [1.165, 1.54) is 11.1 Å². The van der Waals surface area contributed by atoms with Gasteiger partial charge in [-0.3, -0.25) is 4.79 Å². The number of ether oxygens (including phenoxy) is 2. The zero-order valence-corrected chi connectivity index (χ0v) is 16.1. The summed E-state index contributed by atoms with van der Waals surface area (Å²) >= 11 is 0. The summed E-state index contributed by atoms with van der Waals surface area (Å²) in [5.41, 5.74) is 3.59. The first-order chi connectivity index (χ1) is 13.1.